The van der Waals surface area contributed by atoms with Crippen LogP contribution in [0.5, 0.6) is 0 Å². The van der Waals surface area contributed by atoms with Crippen molar-refractivity contribution in [3.05, 3.63) is 24.3 Å². The van der Waals surface area contributed by atoms with E-state index in [9.17, 15) is 20.7 Å². The van der Waals surface area contributed by atoms with E-state index in [0.717, 1.165) is 22.5 Å². The molecule has 1 unspecified atom stereocenters. The molecule has 0 heterocycles. The first kappa shape index (κ1) is 16.6. The lowest BCUT2D eigenvalue weighted by molar-refractivity contribution is 0.393. The van der Waals surface area contributed by atoms with Gasteiger partial charge in [0.05, 0.1) is 22.3 Å². The van der Waals surface area contributed by atoms with Gasteiger partial charge in [-0.05, 0) is 25.1 Å². The van der Waals surface area contributed by atoms with Crippen molar-refractivity contribution >= 4 is 20.2 Å². The van der Waals surface area contributed by atoms with E-state index in [1.165, 1.54) is 20.0 Å². The summed E-state index contributed by atoms with van der Waals surface area (Å²) < 4.78 is 59.9. The minimum atomic E-state index is -4.98. The molecule has 0 bridgehead atoms. The van der Waals surface area contributed by atoms with Gasteiger partial charge in [0.15, 0.2) is 0 Å². The molecular weight excluding hydrogens is 307 g/mol. The van der Waals surface area contributed by atoms with Gasteiger partial charge in [-0.2, -0.15) is 18.0 Å². The number of nitrogens with zero attached hydrogens (tertiary/aromatic N) is 2. The van der Waals surface area contributed by atoms with Crippen molar-refractivity contribution in [2.45, 2.75) is 29.2 Å². The molecule has 0 N–H and O–H groups in total. The van der Waals surface area contributed by atoms with Crippen LogP contribution in [0.25, 0.3) is 0 Å². The molecule has 1 aromatic rings. The van der Waals surface area contributed by atoms with E-state index in [-0.39, 0.29) is 11.3 Å². The molecule has 0 aliphatic rings. The van der Waals surface area contributed by atoms with Crippen molar-refractivity contribution in [3.63, 3.8) is 0 Å². The summed E-state index contributed by atoms with van der Waals surface area (Å²) in [6.07, 6.45) is -0.0170. The molecule has 110 valence electrons. The maximum absolute atomic E-state index is 12.9. The third-order valence-electron chi connectivity index (χ3n) is 2.77. The van der Waals surface area contributed by atoms with Gasteiger partial charge < -0.3 is 0 Å². The summed E-state index contributed by atoms with van der Waals surface area (Å²) in [5.41, 5.74) is 0. The molecule has 0 radical (unpaired) electrons. The maximum atomic E-state index is 12.9. The van der Waals surface area contributed by atoms with Gasteiger partial charge in [-0.3, -0.25) is 0 Å². The topological polar surface area (TPSA) is 95.3 Å². The van der Waals surface area contributed by atoms with E-state index in [0.29, 0.717) is 0 Å². The van der Waals surface area contributed by atoms with Crippen LogP contribution in [0.3, 0.4) is 0 Å². The molecule has 0 saturated heterocycles. The van der Waals surface area contributed by atoms with E-state index < -0.39 is 31.2 Å². The van der Waals surface area contributed by atoms with Gasteiger partial charge in [0.2, 0.25) is 10.0 Å². The molecule has 9 heteroatoms. The van der Waals surface area contributed by atoms with Gasteiger partial charge in [-0.15, -0.1) is 3.89 Å². The van der Waals surface area contributed by atoms with Gasteiger partial charge in [0, 0.05) is 13.1 Å². The minimum Gasteiger partial charge on any atom is -0.207 e. The highest BCUT2D eigenvalue weighted by Crippen LogP contribution is 2.21. The fourth-order valence-electron chi connectivity index (χ4n) is 1.45. The Bertz CT molecular complexity index is 738. The fraction of sp³-hybridized carbons (Fsp3) is 0.364. The fourth-order valence-corrected chi connectivity index (χ4v) is 3.44. The molecule has 0 aliphatic carbocycles. The van der Waals surface area contributed by atoms with Crippen LogP contribution >= 0.6 is 0 Å². The third-order valence-corrected chi connectivity index (χ3v) is 5.56. The summed E-state index contributed by atoms with van der Waals surface area (Å²) >= 11 is 0. The first-order valence-electron chi connectivity index (χ1n) is 5.50. The molecule has 20 heavy (non-hydrogen) atoms. The number of hydrogen-bond acceptors (Lipinski definition) is 5. The lowest BCUT2D eigenvalue weighted by atomic mass is 10.3. The molecule has 1 rings (SSSR count). The van der Waals surface area contributed by atoms with E-state index in [4.69, 9.17) is 5.26 Å². The molecule has 0 saturated carbocycles. The number of rotatable bonds is 5. The van der Waals surface area contributed by atoms with E-state index in [1.54, 1.807) is 0 Å². The van der Waals surface area contributed by atoms with Gasteiger partial charge in [0.25, 0.3) is 0 Å². The molecule has 0 aromatic heterocycles. The van der Waals surface area contributed by atoms with E-state index in [2.05, 4.69) is 0 Å². The van der Waals surface area contributed by atoms with Crippen LogP contribution in [0, 0.1) is 11.3 Å². The second-order valence-electron chi connectivity index (χ2n) is 4.15. The van der Waals surface area contributed by atoms with E-state index in [1.807, 2.05) is 6.07 Å². The predicted molar refractivity (Wildman–Crippen MR) is 69.4 cm³/mol. The summed E-state index contributed by atoms with van der Waals surface area (Å²) in [6.45, 7) is 1.54. The highest BCUT2D eigenvalue weighted by Gasteiger charge is 2.26. The largest absolute Gasteiger partial charge is 0.332 e. The zero-order valence-corrected chi connectivity index (χ0v) is 12.4. The monoisotopic (exact) mass is 320 g/mol. The van der Waals surface area contributed by atoms with Gasteiger partial charge in [-0.1, -0.05) is 6.07 Å². The van der Waals surface area contributed by atoms with Gasteiger partial charge in [-0.25, -0.2) is 8.42 Å². The number of benzene rings is 1. The molecule has 0 aliphatic heterocycles. The highest BCUT2D eigenvalue weighted by molar-refractivity contribution is 7.89. The Morgan fingerprint density at radius 2 is 1.85 bits per heavy atom. The standard InChI is InChI=1S/C11H13FN2O4S2/c1-9(6-7-13)14(2)20(17,18)11-5-3-4-10(8-11)19(12,15)16/h3-5,8-9H,6H2,1-2H3. The average molecular weight is 320 g/mol. The molecule has 0 spiro atoms. The summed E-state index contributed by atoms with van der Waals surface area (Å²) in [6, 6.07) is 5.28. The summed E-state index contributed by atoms with van der Waals surface area (Å²) in [5.74, 6) is 0. The van der Waals surface area contributed by atoms with Gasteiger partial charge >= 0.3 is 10.2 Å². The summed E-state index contributed by atoms with van der Waals surface area (Å²) in [5, 5.41) is 8.57. The zero-order valence-electron chi connectivity index (χ0n) is 10.8. The van der Waals surface area contributed by atoms with Crippen LogP contribution in [0.1, 0.15) is 13.3 Å². The molecular formula is C11H13FN2O4S2. The normalized spacial score (nSPS) is 13.9. The van der Waals surface area contributed by atoms with Crippen LogP contribution < -0.4 is 0 Å². The number of hydrogen-bond donors (Lipinski definition) is 0. The second kappa shape index (κ2) is 5.87. The van der Waals surface area contributed by atoms with Crippen LogP contribution in [0.2, 0.25) is 0 Å². The SMILES string of the molecule is CC(CC#N)N(C)S(=O)(=O)c1cccc(S(=O)(=O)F)c1. The number of halogens is 1. The van der Waals surface area contributed by atoms with Crippen molar-refractivity contribution in [2.75, 3.05) is 7.05 Å². The quantitative estimate of drug-likeness (QED) is 0.761. The third kappa shape index (κ3) is 3.53. The Balaban J connectivity index is 3.27. The lowest BCUT2D eigenvalue weighted by Gasteiger charge is -2.22. The van der Waals surface area contributed by atoms with Crippen LogP contribution in [0.15, 0.2) is 34.1 Å². The van der Waals surface area contributed by atoms with Crippen molar-refractivity contribution in [1.29, 1.82) is 5.26 Å². The average Bonchev–Trinajstić information content (AvgIpc) is 2.37. The highest BCUT2D eigenvalue weighted by atomic mass is 32.3. The lowest BCUT2D eigenvalue weighted by Crippen LogP contribution is -2.34. The maximum Gasteiger partial charge on any atom is 0.332 e. The Hall–Kier alpha value is -1.50. The molecule has 1 aromatic carbocycles. The Morgan fingerprint density at radius 3 is 2.35 bits per heavy atom. The Kier molecular flexibility index (Phi) is 4.86. The van der Waals surface area contributed by atoms with Crippen LogP contribution in [-0.4, -0.2) is 34.2 Å². The summed E-state index contributed by atoms with van der Waals surface area (Å²) in [7, 11) is -7.70. The predicted octanol–water partition coefficient (Wildman–Crippen LogP) is 1.27. The van der Waals surface area contributed by atoms with Crippen molar-refractivity contribution < 1.29 is 20.7 Å². The van der Waals surface area contributed by atoms with Crippen molar-refractivity contribution in [1.82, 2.24) is 4.31 Å². The van der Waals surface area contributed by atoms with Gasteiger partial charge in [0.1, 0.15) is 0 Å². The molecule has 0 amide bonds. The Morgan fingerprint density at radius 1 is 1.30 bits per heavy atom. The first-order chi connectivity index (χ1) is 9.10. The van der Waals surface area contributed by atoms with Crippen LogP contribution in [0.4, 0.5) is 3.89 Å². The second-order valence-corrected chi connectivity index (χ2v) is 7.49. The number of nitriles is 1. The number of sulfonamides is 1. The van der Waals surface area contributed by atoms with Crippen LogP contribution in [-0.2, 0) is 20.2 Å². The molecule has 6 nitrogen and oxygen atoms in total. The molecule has 1 atom stereocenters. The van der Waals surface area contributed by atoms with E-state index >= 15 is 0 Å². The first-order valence-corrected chi connectivity index (χ1v) is 8.32. The summed E-state index contributed by atoms with van der Waals surface area (Å²) in [4.78, 5) is -1.07. The zero-order chi connectivity index (χ0) is 15.6. The minimum absolute atomic E-state index is 0.0170. The Labute approximate surface area is 117 Å². The molecule has 0 fully saturated rings. The van der Waals surface area contributed by atoms with Crippen molar-refractivity contribution in [3.8, 4) is 6.07 Å². The smallest absolute Gasteiger partial charge is 0.207 e. The van der Waals surface area contributed by atoms with Crippen molar-refractivity contribution in [2.24, 2.45) is 0 Å².